The van der Waals surface area contributed by atoms with Crippen LogP contribution in [0.25, 0.3) is 0 Å². The van der Waals surface area contributed by atoms with Crippen molar-refractivity contribution in [2.24, 2.45) is 11.8 Å². The Morgan fingerprint density at radius 3 is 2.20 bits per heavy atom. The van der Waals surface area contributed by atoms with Gasteiger partial charge in [0.05, 0.1) is 25.9 Å². The molecular formula is C19H21NO5. The Balaban J connectivity index is 2.52. The topological polar surface area (TPSA) is 93.5 Å². The number of carbonyl (C=O) groups excluding carboxylic acids is 3. The molecule has 0 heterocycles. The molecule has 0 bridgehead atoms. The summed E-state index contributed by atoms with van der Waals surface area (Å²) in [5.41, 5.74) is 1.12. The van der Waals surface area contributed by atoms with E-state index in [9.17, 15) is 14.4 Å². The fourth-order valence-electron chi connectivity index (χ4n) is 3.47. The molecule has 0 amide bonds. The maximum atomic E-state index is 12.5. The molecule has 0 saturated heterocycles. The number of nitrogens with zero attached hydrogens (tertiary/aromatic N) is 1. The van der Waals surface area contributed by atoms with E-state index < -0.39 is 29.7 Å². The number of nitriles is 1. The Morgan fingerprint density at radius 1 is 1.12 bits per heavy atom. The van der Waals surface area contributed by atoms with Crippen LogP contribution < -0.4 is 0 Å². The molecule has 0 aromatic heterocycles. The second-order valence-corrected chi connectivity index (χ2v) is 6.10. The van der Waals surface area contributed by atoms with E-state index in [0.29, 0.717) is 24.0 Å². The second kappa shape index (κ2) is 8.43. The average Bonchev–Trinajstić information content (AvgIpc) is 2.66. The van der Waals surface area contributed by atoms with Crippen LogP contribution in [0.4, 0.5) is 0 Å². The third kappa shape index (κ3) is 4.05. The molecule has 1 aromatic rings. The van der Waals surface area contributed by atoms with Gasteiger partial charge in [-0.3, -0.25) is 14.4 Å². The predicted octanol–water partition coefficient (Wildman–Crippen LogP) is 2.36. The fourth-order valence-corrected chi connectivity index (χ4v) is 3.47. The first-order valence-corrected chi connectivity index (χ1v) is 8.22. The minimum absolute atomic E-state index is 0.0402. The number of hydrogen-bond acceptors (Lipinski definition) is 6. The highest BCUT2D eigenvalue weighted by Gasteiger charge is 2.44. The summed E-state index contributed by atoms with van der Waals surface area (Å²) in [6, 6.07) is 8.62. The minimum Gasteiger partial charge on any atom is -0.468 e. The number of ketones is 1. The van der Waals surface area contributed by atoms with Crippen LogP contribution in [0, 0.1) is 23.2 Å². The lowest BCUT2D eigenvalue weighted by atomic mass is 9.70. The number of rotatable bonds is 5. The molecule has 1 aliphatic carbocycles. The number of hydrogen-bond donors (Lipinski definition) is 0. The molecule has 25 heavy (non-hydrogen) atoms. The molecule has 2 rings (SSSR count). The second-order valence-electron chi connectivity index (χ2n) is 6.10. The highest BCUT2D eigenvalue weighted by molar-refractivity contribution is 5.97. The maximum absolute atomic E-state index is 12.5. The lowest BCUT2D eigenvalue weighted by molar-refractivity contribution is -0.161. The summed E-state index contributed by atoms with van der Waals surface area (Å²) >= 11 is 0. The lowest BCUT2D eigenvalue weighted by Gasteiger charge is -2.32. The zero-order chi connectivity index (χ0) is 18.4. The fraction of sp³-hybridized carbons (Fsp3) is 0.474. The standard InChI is InChI=1S/C19H21NO5/c1-24-18(22)17(19(23)25-2)16(14-5-3-4-6-15(14)21)13-9-7-12(11-20)8-10-13/h7-10,14,16-17H,3-6H2,1-2H3/t14-,16+/m1/s1. The zero-order valence-electron chi connectivity index (χ0n) is 14.4. The smallest absolute Gasteiger partial charge is 0.320 e. The first-order chi connectivity index (χ1) is 12.0. The Hall–Kier alpha value is -2.68. The number of esters is 2. The van der Waals surface area contributed by atoms with Crippen LogP contribution in [0.5, 0.6) is 0 Å². The van der Waals surface area contributed by atoms with Crippen LogP contribution in [0.1, 0.15) is 42.7 Å². The van der Waals surface area contributed by atoms with Crippen LogP contribution in [-0.4, -0.2) is 31.9 Å². The maximum Gasteiger partial charge on any atom is 0.320 e. The molecule has 1 aromatic carbocycles. The first-order valence-electron chi connectivity index (χ1n) is 8.22. The normalized spacial score (nSPS) is 18.3. The predicted molar refractivity (Wildman–Crippen MR) is 88.4 cm³/mol. The SMILES string of the molecule is COC(=O)C(C(=O)OC)[C@@H](c1ccc(C#N)cc1)[C@@H]1CCCCC1=O. The number of carbonyl (C=O) groups is 3. The number of Topliss-reactive ketones (excluding diaryl/α,β-unsaturated/α-hetero) is 1. The number of ether oxygens (including phenoxy) is 2. The van der Waals surface area contributed by atoms with Crippen molar-refractivity contribution in [3.05, 3.63) is 35.4 Å². The van der Waals surface area contributed by atoms with Crippen molar-refractivity contribution in [3.63, 3.8) is 0 Å². The van der Waals surface area contributed by atoms with Gasteiger partial charge < -0.3 is 9.47 Å². The summed E-state index contributed by atoms with van der Waals surface area (Å²) in [5, 5.41) is 8.97. The van der Waals surface area contributed by atoms with Gasteiger partial charge in [0.2, 0.25) is 0 Å². The van der Waals surface area contributed by atoms with Crippen LogP contribution in [0.2, 0.25) is 0 Å². The van der Waals surface area contributed by atoms with Crippen molar-refractivity contribution in [1.29, 1.82) is 5.26 Å². The Labute approximate surface area is 146 Å². The van der Waals surface area contributed by atoms with E-state index in [2.05, 4.69) is 0 Å². The van der Waals surface area contributed by atoms with E-state index in [1.807, 2.05) is 6.07 Å². The van der Waals surface area contributed by atoms with E-state index in [0.717, 1.165) is 12.8 Å². The molecule has 1 fully saturated rings. The monoisotopic (exact) mass is 343 g/mol. The summed E-state index contributed by atoms with van der Waals surface area (Å²) in [6.07, 6.45) is 2.72. The molecule has 1 saturated carbocycles. The van der Waals surface area contributed by atoms with Gasteiger partial charge in [-0.1, -0.05) is 18.6 Å². The molecule has 132 valence electrons. The summed E-state index contributed by atoms with van der Waals surface area (Å²) in [6.45, 7) is 0. The van der Waals surface area contributed by atoms with Gasteiger partial charge in [0.15, 0.2) is 5.92 Å². The van der Waals surface area contributed by atoms with E-state index in [4.69, 9.17) is 14.7 Å². The third-order valence-electron chi connectivity index (χ3n) is 4.73. The quantitative estimate of drug-likeness (QED) is 0.602. The van der Waals surface area contributed by atoms with Crippen molar-refractivity contribution in [2.45, 2.75) is 31.6 Å². The molecule has 6 nitrogen and oxygen atoms in total. The van der Waals surface area contributed by atoms with Gasteiger partial charge in [-0.05, 0) is 30.5 Å². The largest absolute Gasteiger partial charge is 0.468 e. The van der Waals surface area contributed by atoms with Crippen molar-refractivity contribution in [2.75, 3.05) is 14.2 Å². The Bertz CT molecular complexity index is 673. The molecule has 0 unspecified atom stereocenters. The molecule has 0 aliphatic heterocycles. The van der Waals surface area contributed by atoms with E-state index in [-0.39, 0.29) is 5.78 Å². The zero-order valence-corrected chi connectivity index (χ0v) is 14.4. The Morgan fingerprint density at radius 2 is 1.72 bits per heavy atom. The average molecular weight is 343 g/mol. The van der Waals surface area contributed by atoms with Gasteiger partial charge in [-0.2, -0.15) is 5.26 Å². The summed E-state index contributed by atoms with van der Waals surface area (Å²) in [7, 11) is 2.41. The van der Waals surface area contributed by atoms with Crippen molar-refractivity contribution in [1.82, 2.24) is 0 Å². The van der Waals surface area contributed by atoms with E-state index in [1.165, 1.54) is 14.2 Å². The van der Waals surface area contributed by atoms with Gasteiger partial charge in [0.25, 0.3) is 0 Å². The third-order valence-corrected chi connectivity index (χ3v) is 4.73. The van der Waals surface area contributed by atoms with E-state index >= 15 is 0 Å². The van der Waals surface area contributed by atoms with Crippen LogP contribution in [-0.2, 0) is 23.9 Å². The molecule has 2 atom stereocenters. The Kier molecular flexibility index (Phi) is 6.29. The highest BCUT2D eigenvalue weighted by Crippen LogP contribution is 2.40. The van der Waals surface area contributed by atoms with Crippen LogP contribution in [0.3, 0.4) is 0 Å². The van der Waals surface area contributed by atoms with Crippen molar-refractivity contribution in [3.8, 4) is 6.07 Å². The minimum atomic E-state index is -1.21. The summed E-state index contributed by atoms with van der Waals surface area (Å²) < 4.78 is 9.61. The van der Waals surface area contributed by atoms with Gasteiger partial charge in [-0.25, -0.2) is 0 Å². The highest BCUT2D eigenvalue weighted by atomic mass is 16.5. The van der Waals surface area contributed by atoms with Gasteiger partial charge in [0, 0.05) is 18.3 Å². The molecule has 6 heteroatoms. The summed E-state index contributed by atoms with van der Waals surface area (Å²) in [4.78, 5) is 37.1. The first kappa shape index (κ1) is 18.7. The molecular weight excluding hydrogens is 322 g/mol. The lowest BCUT2D eigenvalue weighted by Crippen LogP contribution is -2.39. The molecule has 0 spiro atoms. The summed E-state index contributed by atoms with van der Waals surface area (Å²) in [5.74, 6) is -3.74. The van der Waals surface area contributed by atoms with Gasteiger partial charge in [0.1, 0.15) is 5.78 Å². The molecule has 1 aliphatic rings. The number of methoxy groups -OCH3 is 2. The van der Waals surface area contributed by atoms with Crippen LogP contribution in [0.15, 0.2) is 24.3 Å². The van der Waals surface area contributed by atoms with E-state index in [1.54, 1.807) is 24.3 Å². The van der Waals surface area contributed by atoms with Crippen molar-refractivity contribution < 1.29 is 23.9 Å². The molecule has 0 N–H and O–H groups in total. The molecule has 0 radical (unpaired) electrons. The van der Waals surface area contributed by atoms with Crippen LogP contribution >= 0.6 is 0 Å². The number of benzene rings is 1. The van der Waals surface area contributed by atoms with Crippen molar-refractivity contribution >= 4 is 17.7 Å². The van der Waals surface area contributed by atoms with Gasteiger partial charge >= 0.3 is 11.9 Å². The van der Waals surface area contributed by atoms with Gasteiger partial charge in [-0.15, -0.1) is 0 Å².